The minimum atomic E-state index is -2.88. The fourth-order valence-corrected chi connectivity index (χ4v) is 2.80. The van der Waals surface area contributed by atoms with Gasteiger partial charge in [0.05, 0.1) is 5.75 Å². The highest BCUT2D eigenvalue weighted by molar-refractivity contribution is 14.0. The molecule has 0 aliphatic rings. The topological polar surface area (TPSA) is 70.6 Å². The Kier molecular flexibility index (Phi) is 18.4. The fraction of sp³-hybridized carbons (Fsp3) is 0.938. The van der Waals surface area contributed by atoms with Crippen LogP contribution in [-0.2, 0) is 9.84 Å². The van der Waals surface area contributed by atoms with Gasteiger partial charge in [-0.05, 0) is 19.8 Å². The van der Waals surface area contributed by atoms with Crippen LogP contribution in [0, 0.1) is 0 Å². The quantitative estimate of drug-likeness (QED) is 0.191. The Labute approximate surface area is 160 Å². The van der Waals surface area contributed by atoms with Gasteiger partial charge in [-0.25, -0.2) is 8.42 Å². The van der Waals surface area contributed by atoms with E-state index in [9.17, 15) is 8.42 Å². The molecule has 0 rings (SSSR count). The molecule has 0 unspecified atom stereocenters. The summed E-state index contributed by atoms with van der Waals surface area (Å²) < 4.78 is 22.1. The zero-order valence-electron chi connectivity index (χ0n) is 15.1. The maximum absolute atomic E-state index is 11.1. The van der Waals surface area contributed by atoms with Gasteiger partial charge in [-0.15, -0.1) is 24.0 Å². The monoisotopic (exact) mass is 461 g/mol. The standard InChI is InChI=1S/C16H35N3O2S.HI/c1-4-6-7-8-9-10-11-13-18-16(17-5-2)19-14-12-15-22(3,20)21;/h4-15H2,1-3H3,(H2,17,18,19);1H. The highest BCUT2D eigenvalue weighted by atomic mass is 127. The molecule has 0 fully saturated rings. The van der Waals surface area contributed by atoms with Crippen molar-refractivity contribution >= 4 is 39.8 Å². The Morgan fingerprint density at radius 2 is 1.52 bits per heavy atom. The van der Waals surface area contributed by atoms with Crippen LogP contribution in [0.5, 0.6) is 0 Å². The third kappa shape index (κ3) is 19.9. The lowest BCUT2D eigenvalue weighted by atomic mass is 10.1. The average Bonchev–Trinajstić information content (AvgIpc) is 2.45. The van der Waals surface area contributed by atoms with E-state index in [1.54, 1.807) is 0 Å². The van der Waals surface area contributed by atoms with Crippen LogP contribution in [0.4, 0.5) is 0 Å². The normalized spacial score (nSPS) is 11.9. The van der Waals surface area contributed by atoms with Crippen LogP contribution in [-0.4, -0.2) is 46.0 Å². The van der Waals surface area contributed by atoms with Crippen molar-refractivity contribution in [3.63, 3.8) is 0 Å². The van der Waals surface area contributed by atoms with E-state index >= 15 is 0 Å². The van der Waals surface area contributed by atoms with Gasteiger partial charge in [0, 0.05) is 25.9 Å². The summed E-state index contributed by atoms with van der Waals surface area (Å²) in [6, 6.07) is 0. The Morgan fingerprint density at radius 1 is 0.913 bits per heavy atom. The van der Waals surface area contributed by atoms with Crippen LogP contribution >= 0.6 is 24.0 Å². The van der Waals surface area contributed by atoms with Gasteiger partial charge in [0.2, 0.25) is 0 Å². The molecule has 0 saturated heterocycles. The van der Waals surface area contributed by atoms with Gasteiger partial charge in [0.25, 0.3) is 0 Å². The summed E-state index contributed by atoms with van der Waals surface area (Å²) in [5.74, 6) is 0.996. The van der Waals surface area contributed by atoms with E-state index in [2.05, 4.69) is 22.5 Å². The van der Waals surface area contributed by atoms with E-state index in [0.717, 1.165) is 25.5 Å². The van der Waals surface area contributed by atoms with E-state index < -0.39 is 9.84 Å². The van der Waals surface area contributed by atoms with Gasteiger partial charge in [0.1, 0.15) is 9.84 Å². The molecule has 0 radical (unpaired) electrons. The summed E-state index contributed by atoms with van der Waals surface area (Å²) in [5, 5.41) is 6.50. The highest BCUT2D eigenvalue weighted by Gasteiger charge is 2.01. The van der Waals surface area contributed by atoms with Crippen molar-refractivity contribution in [1.29, 1.82) is 0 Å². The molecule has 2 N–H and O–H groups in total. The van der Waals surface area contributed by atoms with E-state index in [-0.39, 0.29) is 29.7 Å². The largest absolute Gasteiger partial charge is 0.357 e. The lowest BCUT2D eigenvalue weighted by Gasteiger charge is -2.11. The predicted octanol–water partition coefficient (Wildman–Crippen LogP) is 3.34. The van der Waals surface area contributed by atoms with E-state index in [1.165, 1.54) is 44.8 Å². The fourth-order valence-electron chi connectivity index (χ4n) is 2.15. The number of unbranched alkanes of at least 4 members (excludes halogenated alkanes) is 6. The van der Waals surface area contributed by atoms with Crippen molar-refractivity contribution < 1.29 is 8.42 Å². The van der Waals surface area contributed by atoms with Crippen molar-refractivity contribution in [3.05, 3.63) is 0 Å². The number of hydrogen-bond acceptors (Lipinski definition) is 3. The molecule has 0 amide bonds. The molecule has 7 heteroatoms. The highest BCUT2D eigenvalue weighted by Crippen LogP contribution is 2.06. The Morgan fingerprint density at radius 3 is 2.09 bits per heavy atom. The van der Waals surface area contributed by atoms with Crippen molar-refractivity contribution in [2.45, 2.75) is 65.2 Å². The Balaban J connectivity index is 0. The van der Waals surface area contributed by atoms with Gasteiger partial charge in [-0.2, -0.15) is 0 Å². The maximum Gasteiger partial charge on any atom is 0.191 e. The van der Waals surface area contributed by atoms with Gasteiger partial charge >= 0.3 is 0 Å². The van der Waals surface area contributed by atoms with Crippen LogP contribution in [0.1, 0.15) is 65.2 Å². The molecule has 140 valence electrons. The number of hydrogen-bond donors (Lipinski definition) is 2. The maximum atomic E-state index is 11.1. The first-order chi connectivity index (χ1) is 10.5. The average molecular weight is 461 g/mol. The number of guanidine groups is 1. The number of sulfone groups is 1. The molecule has 0 aliphatic carbocycles. The number of nitrogens with one attached hydrogen (secondary N) is 2. The molecule has 0 aromatic heterocycles. The molecule has 0 aromatic rings. The molecule has 0 saturated carbocycles. The lowest BCUT2D eigenvalue weighted by Crippen LogP contribution is -2.37. The number of nitrogens with zero attached hydrogens (tertiary/aromatic N) is 1. The molecule has 0 heterocycles. The third-order valence-electron chi connectivity index (χ3n) is 3.36. The number of rotatable bonds is 13. The van der Waals surface area contributed by atoms with Gasteiger partial charge < -0.3 is 10.6 Å². The van der Waals surface area contributed by atoms with Crippen LogP contribution in [0.3, 0.4) is 0 Å². The summed E-state index contributed by atoms with van der Waals surface area (Å²) in [6.45, 7) is 6.54. The van der Waals surface area contributed by atoms with Crippen molar-refractivity contribution in [2.24, 2.45) is 4.99 Å². The second kappa shape index (κ2) is 16.8. The summed E-state index contributed by atoms with van der Waals surface area (Å²) in [4.78, 5) is 4.40. The third-order valence-corrected chi connectivity index (χ3v) is 4.39. The van der Waals surface area contributed by atoms with Crippen molar-refractivity contribution in [2.75, 3.05) is 31.6 Å². The molecule has 23 heavy (non-hydrogen) atoms. The van der Waals surface area contributed by atoms with E-state index in [4.69, 9.17) is 0 Å². The van der Waals surface area contributed by atoms with Crippen LogP contribution in [0.15, 0.2) is 4.99 Å². The van der Waals surface area contributed by atoms with E-state index in [0.29, 0.717) is 13.0 Å². The smallest absolute Gasteiger partial charge is 0.191 e. The van der Waals surface area contributed by atoms with Gasteiger partial charge in [-0.3, -0.25) is 4.99 Å². The number of halogens is 1. The molecule has 5 nitrogen and oxygen atoms in total. The minimum absolute atomic E-state index is 0. The van der Waals surface area contributed by atoms with Crippen molar-refractivity contribution in [1.82, 2.24) is 10.6 Å². The Hall–Kier alpha value is -0.0500. The molecule has 0 atom stereocenters. The first kappa shape index (κ1) is 25.2. The first-order valence-corrected chi connectivity index (χ1v) is 10.8. The molecule has 0 aliphatic heterocycles. The molecule has 0 aromatic carbocycles. The summed E-state index contributed by atoms with van der Waals surface area (Å²) in [7, 11) is -2.88. The Bertz CT molecular complexity index is 387. The van der Waals surface area contributed by atoms with Gasteiger partial charge in [0.15, 0.2) is 5.96 Å². The second-order valence-electron chi connectivity index (χ2n) is 5.79. The van der Waals surface area contributed by atoms with Crippen LogP contribution in [0.2, 0.25) is 0 Å². The van der Waals surface area contributed by atoms with Crippen LogP contribution < -0.4 is 10.6 Å². The number of aliphatic imine (C=N–C) groups is 1. The summed E-state index contributed by atoms with van der Waals surface area (Å²) in [5.41, 5.74) is 0. The molecular weight excluding hydrogens is 425 g/mol. The SMILES string of the molecule is CCCCCCCCCNC(=NCCCS(C)(=O)=O)NCC.I. The lowest BCUT2D eigenvalue weighted by molar-refractivity contribution is 0.583. The minimum Gasteiger partial charge on any atom is -0.357 e. The zero-order chi connectivity index (χ0) is 16.7. The molecule has 0 spiro atoms. The summed E-state index contributed by atoms with van der Waals surface area (Å²) in [6.07, 6.45) is 10.9. The van der Waals surface area contributed by atoms with Gasteiger partial charge in [-0.1, -0.05) is 45.4 Å². The van der Waals surface area contributed by atoms with Crippen LogP contribution in [0.25, 0.3) is 0 Å². The summed E-state index contributed by atoms with van der Waals surface area (Å²) >= 11 is 0. The molecule has 0 bridgehead atoms. The van der Waals surface area contributed by atoms with E-state index in [1.807, 2.05) is 6.92 Å². The second-order valence-corrected chi connectivity index (χ2v) is 8.05. The predicted molar refractivity (Wildman–Crippen MR) is 112 cm³/mol. The first-order valence-electron chi connectivity index (χ1n) is 8.69. The van der Waals surface area contributed by atoms with Crippen molar-refractivity contribution in [3.8, 4) is 0 Å². The zero-order valence-corrected chi connectivity index (χ0v) is 18.2. The molecular formula is C16H36IN3O2S.